The Balaban J connectivity index is 1.41. The van der Waals surface area contributed by atoms with E-state index in [1.165, 1.54) is 5.56 Å². The van der Waals surface area contributed by atoms with Crippen molar-refractivity contribution in [1.82, 2.24) is 5.32 Å². The summed E-state index contributed by atoms with van der Waals surface area (Å²) in [6.45, 7) is 1.80. The molecule has 3 rings (SSSR count). The number of para-hydroxylation sites is 1. The van der Waals surface area contributed by atoms with Crippen LogP contribution in [0.5, 0.6) is 5.75 Å². The predicted octanol–water partition coefficient (Wildman–Crippen LogP) is 2.42. The second kappa shape index (κ2) is 5.27. The SMILES string of the molecule is c1coc(CCNCC2Cc3ccccc3O2)c1. The van der Waals surface area contributed by atoms with E-state index < -0.39 is 0 Å². The van der Waals surface area contributed by atoms with Gasteiger partial charge in [0.15, 0.2) is 0 Å². The molecular formula is C15H17NO2. The van der Waals surface area contributed by atoms with Gasteiger partial charge in [-0.25, -0.2) is 0 Å². The molecule has 0 radical (unpaired) electrons. The van der Waals surface area contributed by atoms with E-state index in [9.17, 15) is 0 Å². The molecule has 0 saturated carbocycles. The minimum Gasteiger partial charge on any atom is -0.488 e. The van der Waals surface area contributed by atoms with Gasteiger partial charge in [0, 0.05) is 25.9 Å². The van der Waals surface area contributed by atoms with E-state index in [1.54, 1.807) is 6.26 Å². The minimum atomic E-state index is 0.263. The summed E-state index contributed by atoms with van der Waals surface area (Å²) in [4.78, 5) is 0. The molecule has 3 nitrogen and oxygen atoms in total. The highest BCUT2D eigenvalue weighted by atomic mass is 16.5. The molecular weight excluding hydrogens is 226 g/mol. The van der Waals surface area contributed by atoms with E-state index in [1.807, 2.05) is 24.3 Å². The Morgan fingerprint density at radius 2 is 2.11 bits per heavy atom. The van der Waals surface area contributed by atoms with Crippen LogP contribution in [0.15, 0.2) is 47.1 Å². The van der Waals surface area contributed by atoms with Crippen molar-refractivity contribution in [3.63, 3.8) is 0 Å². The van der Waals surface area contributed by atoms with Gasteiger partial charge in [-0.2, -0.15) is 0 Å². The molecule has 1 atom stereocenters. The summed E-state index contributed by atoms with van der Waals surface area (Å²) < 4.78 is 11.1. The van der Waals surface area contributed by atoms with E-state index in [-0.39, 0.29) is 6.10 Å². The fourth-order valence-corrected chi connectivity index (χ4v) is 2.30. The van der Waals surface area contributed by atoms with Gasteiger partial charge in [-0.05, 0) is 23.8 Å². The number of hydrogen-bond acceptors (Lipinski definition) is 3. The molecule has 0 amide bonds. The molecule has 0 fully saturated rings. The van der Waals surface area contributed by atoms with Crippen molar-refractivity contribution < 1.29 is 9.15 Å². The maximum atomic E-state index is 5.86. The van der Waals surface area contributed by atoms with Crippen LogP contribution in [-0.2, 0) is 12.8 Å². The third kappa shape index (κ3) is 2.57. The summed E-state index contributed by atoms with van der Waals surface area (Å²) >= 11 is 0. The number of nitrogens with one attached hydrogen (secondary N) is 1. The summed E-state index contributed by atoms with van der Waals surface area (Å²) in [5, 5.41) is 3.42. The second-order valence-electron chi connectivity index (χ2n) is 4.59. The van der Waals surface area contributed by atoms with Gasteiger partial charge in [0.1, 0.15) is 17.6 Å². The number of fused-ring (bicyclic) bond motifs is 1. The summed E-state index contributed by atoms with van der Waals surface area (Å²) in [5.74, 6) is 2.06. The van der Waals surface area contributed by atoms with Crippen LogP contribution in [0, 0.1) is 0 Å². The molecule has 1 unspecified atom stereocenters. The van der Waals surface area contributed by atoms with Crippen LogP contribution >= 0.6 is 0 Å². The maximum absolute atomic E-state index is 5.86. The molecule has 18 heavy (non-hydrogen) atoms. The van der Waals surface area contributed by atoms with Crippen molar-refractivity contribution in [3.8, 4) is 5.75 Å². The molecule has 1 aromatic heterocycles. The molecule has 0 bridgehead atoms. The maximum Gasteiger partial charge on any atom is 0.123 e. The lowest BCUT2D eigenvalue weighted by molar-refractivity contribution is 0.228. The second-order valence-corrected chi connectivity index (χ2v) is 4.59. The van der Waals surface area contributed by atoms with Crippen LogP contribution < -0.4 is 10.1 Å². The highest BCUT2D eigenvalue weighted by Gasteiger charge is 2.21. The Hall–Kier alpha value is -1.74. The van der Waals surface area contributed by atoms with Crippen LogP contribution in [0.2, 0.25) is 0 Å². The van der Waals surface area contributed by atoms with Crippen LogP contribution in [-0.4, -0.2) is 19.2 Å². The van der Waals surface area contributed by atoms with Gasteiger partial charge in [-0.3, -0.25) is 0 Å². The largest absolute Gasteiger partial charge is 0.488 e. The zero-order chi connectivity index (χ0) is 12.2. The molecule has 94 valence electrons. The third-order valence-corrected chi connectivity index (χ3v) is 3.21. The van der Waals surface area contributed by atoms with Gasteiger partial charge in [0.2, 0.25) is 0 Å². The zero-order valence-corrected chi connectivity index (χ0v) is 10.3. The highest BCUT2D eigenvalue weighted by Crippen LogP contribution is 2.27. The first-order valence-electron chi connectivity index (χ1n) is 6.39. The lowest BCUT2D eigenvalue weighted by Gasteiger charge is -2.11. The molecule has 1 aliphatic heterocycles. The van der Waals surface area contributed by atoms with Crippen molar-refractivity contribution in [2.45, 2.75) is 18.9 Å². The van der Waals surface area contributed by atoms with Gasteiger partial charge in [-0.15, -0.1) is 0 Å². The van der Waals surface area contributed by atoms with Gasteiger partial charge in [0.05, 0.1) is 6.26 Å². The molecule has 0 saturated heterocycles. The van der Waals surface area contributed by atoms with Gasteiger partial charge in [-0.1, -0.05) is 18.2 Å². The minimum absolute atomic E-state index is 0.263. The standard InChI is InChI=1S/C15H17NO2/c1-2-6-15-12(4-1)10-14(18-15)11-16-8-7-13-5-3-9-17-13/h1-6,9,14,16H,7-8,10-11H2. The van der Waals surface area contributed by atoms with Gasteiger partial charge < -0.3 is 14.5 Å². The molecule has 0 aliphatic carbocycles. The number of ether oxygens (including phenoxy) is 1. The summed E-state index contributed by atoms with van der Waals surface area (Å²) in [6, 6.07) is 12.2. The van der Waals surface area contributed by atoms with Crippen LogP contribution in [0.4, 0.5) is 0 Å². The fourth-order valence-electron chi connectivity index (χ4n) is 2.30. The van der Waals surface area contributed by atoms with E-state index in [4.69, 9.17) is 9.15 Å². The van der Waals surface area contributed by atoms with Gasteiger partial charge in [0.25, 0.3) is 0 Å². The lowest BCUT2D eigenvalue weighted by atomic mass is 10.1. The van der Waals surface area contributed by atoms with Crippen LogP contribution in [0.25, 0.3) is 0 Å². The first kappa shape index (κ1) is 11.4. The predicted molar refractivity (Wildman–Crippen MR) is 69.8 cm³/mol. The fraction of sp³-hybridized carbons (Fsp3) is 0.333. The number of furan rings is 1. The Kier molecular flexibility index (Phi) is 3.33. The molecule has 2 heterocycles. The molecule has 2 aromatic rings. The van der Waals surface area contributed by atoms with Crippen molar-refractivity contribution >= 4 is 0 Å². The van der Waals surface area contributed by atoms with Crippen molar-refractivity contribution in [3.05, 3.63) is 54.0 Å². The van der Waals surface area contributed by atoms with Crippen molar-refractivity contribution in [1.29, 1.82) is 0 Å². The monoisotopic (exact) mass is 243 g/mol. The number of rotatable bonds is 5. The van der Waals surface area contributed by atoms with E-state index in [0.717, 1.165) is 37.4 Å². The highest BCUT2D eigenvalue weighted by molar-refractivity contribution is 5.37. The Labute approximate surface area is 107 Å². The molecule has 1 N–H and O–H groups in total. The third-order valence-electron chi connectivity index (χ3n) is 3.21. The summed E-state index contributed by atoms with van der Waals surface area (Å²) in [5.41, 5.74) is 1.32. The van der Waals surface area contributed by atoms with Gasteiger partial charge >= 0.3 is 0 Å². The molecule has 1 aromatic carbocycles. The molecule has 1 aliphatic rings. The zero-order valence-electron chi connectivity index (χ0n) is 10.3. The average molecular weight is 243 g/mol. The Bertz CT molecular complexity index is 468. The number of hydrogen-bond donors (Lipinski definition) is 1. The molecule has 0 spiro atoms. The number of benzene rings is 1. The van der Waals surface area contributed by atoms with Crippen molar-refractivity contribution in [2.75, 3.05) is 13.1 Å². The Morgan fingerprint density at radius 1 is 1.17 bits per heavy atom. The Morgan fingerprint density at radius 3 is 2.94 bits per heavy atom. The normalized spacial score (nSPS) is 17.4. The smallest absolute Gasteiger partial charge is 0.123 e. The topological polar surface area (TPSA) is 34.4 Å². The van der Waals surface area contributed by atoms with Crippen LogP contribution in [0.1, 0.15) is 11.3 Å². The van der Waals surface area contributed by atoms with Crippen molar-refractivity contribution in [2.24, 2.45) is 0 Å². The molecule has 3 heteroatoms. The van der Waals surface area contributed by atoms with E-state index >= 15 is 0 Å². The van der Waals surface area contributed by atoms with Crippen LogP contribution in [0.3, 0.4) is 0 Å². The van der Waals surface area contributed by atoms with E-state index in [2.05, 4.69) is 17.4 Å². The quantitative estimate of drug-likeness (QED) is 0.819. The van der Waals surface area contributed by atoms with E-state index in [0.29, 0.717) is 0 Å². The lowest BCUT2D eigenvalue weighted by Crippen LogP contribution is -2.31. The first-order chi connectivity index (χ1) is 8.92. The summed E-state index contributed by atoms with van der Waals surface area (Å²) in [6.07, 6.45) is 3.90. The average Bonchev–Trinajstić information content (AvgIpc) is 3.03. The first-order valence-corrected chi connectivity index (χ1v) is 6.39. The summed E-state index contributed by atoms with van der Waals surface area (Å²) in [7, 11) is 0.